The molecule has 0 aromatic heterocycles. The summed E-state index contributed by atoms with van der Waals surface area (Å²) < 4.78 is 6.89. The number of benzene rings is 2. The van der Waals surface area contributed by atoms with Gasteiger partial charge >= 0.3 is 0 Å². The quantitative estimate of drug-likeness (QED) is 0.330. The second-order valence-corrected chi connectivity index (χ2v) is 12.6. The third-order valence-electron chi connectivity index (χ3n) is 5.50. The maximum absolute atomic E-state index is 10.8. The first-order valence-electron chi connectivity index (χ1n) is 10.1. The molecule has 3 heteroatoms. The van der Waals surface area contributed by atoms with Crippen molar-refractivity contribution in [3.63, 3.8) is 0 Å². The second-order valence-electron chi connectivity index (χ2n) is 8.33. The molecule has 0 N–H and O–H groups in total. The van der Waals surface area contributed by atoms with Gasteiger partial charge in [0.25, 0.3) is 8.32 Å². The Balaban J connectivity index is 2.31. The van der Waals surface area contributed by atoms with Crippen LogP contribution in [0.2, 0.25) is 5.04 Å². The lowest BCUT2D eigenvalue weighted by atomic mass is 9.98. The van der Waals surface area contributed by atoms with Crippen LogP contribution in [-0.2, 0) is 9.22 Å². The van der Waals surface area contributed by atoms with Gasteiger partial charge in [-0.3, -0.25) is 0 Å². The number of hydrogen-bond acceptors (Lipinski definition) is 2. The third kappa shape index (κ3) is 5.17. The molecular weight excluding hydrogens is 348 g/mol. The topological polar surface area (TPSA) is 26.3 Å². The van der Waals surface area contributed by atoms with E-state index >= 15 is 0 Å². The van der Waals surface area contributed by atoms with Crippen LogP contribution < -0.4 is 10.4 Å². The van der Waals surface area contributed by atoms with Crippen LogP contribution in [0.4, 0.5) is 0 Å². The Morgan fingerprint density at radius 1 is 0.963 bits per heavy atom. The van der Waals surface area contributed by atoms with Gasteiger partial charge in [-0.15, -0.1) is 0 Å². The maximum atomic E-state index is 10.8. The number of carbonyl (C=O) groups is 1. The average molecular weight is 383 g/mol. The second kappa shape index (κ2) is 10.0. The van der Waals surface area contributed by atoms with Crippen LogP contribution in [0.1, 0.15) is 53.4 Å². The lowest BCUT2D eigenvalue weighted by Gasteiger charge is -2.43. The van der Waals surface area contributed by atoms with Crippen molar-refractivity contribution in [2.24, 2.45) is 5.92 Å². The van der Waals surface area contributed by atoms with Gasteiger partial charge in [-0.05, 0) is 34.2 Å². The van der Waals surface area contributed by atoms with Gasteiger partial charge in [0.2, 0.25) is 0 Å². The highest BCUT2D eigenvalue weighted by atomic mass is 28.4. The molecule has 0 aliphatic heterocycles. The Morgan fingerprint density at radius 2 is 1.48 bits per heavy atom. The van der Waals surface area contributed by atoms with Crippen LogP contribution in [-0.4, -0.2) is 21.2 Å². The summed E-state index contributed by atoms with van der Waals surface area (Å²) in [6.07, 6.45) is 4.81. The molecule has 0 saturated carbocycles. The van der Waals surface area contributed by atoms with E-state index in [0.29, 0.717) is 12.3 Å². The molecule has 2 rings (SSSR count). The van der Waals surface area contributed by atoms with Crippen LogP contribution in [0.15, 0.2) is 60.7 Å². The highest BCUT2D eigenvalue weighted by Gasteiger charge is 2.49. The van der Waals surface area contributed by atoms with E-state index in [1.54, 1.807) is 0 Å². The summed E-state index contributed by atoms with van der Waals surface area (Å²) >= 11 is 0. The molecule has 0 heterocycles. The van der Waals surface area contributed by atoms with Crippen LogP contribution in [0, 0.1) is 5.92 Å². The van der Waals surface area contributed by atoms with Crippen LogP contribution >= 0.6 is 0 Å². The number of hydrogen-bond donors (Lipinski definition) is 0. The lowest BCUT2D eigenvalue weighted by molar-refractivity contribution is -0.108. The Hall–Kier alpha value is -1.71. The normalized spacial score (nSPS) is 13.3. The summed E-state index contributed by atoms with van der Waals surface area (Å²) in [7, 11) is -2.42. The zero-order chi connectivity index (χ0) is 19.8. The molecule has 2 nitrogen and oxygen atoms in total. The van der Waals surface area contributed by atoms with Gasteiger partial charge in [0.1, 0.15) is 6.29 Å². The molecule has 0 amide bonds. The van der Waals surface area contributed by atoms with E-state index in [1.165, 1.54) is 10.4 Å². The molecule has 0 spiro atoms. The van der Waals surface area contributed by atoms with Gasteiger partial charge in [-0.2, -0.15) is 0 Å². The van der Waals surface area contributed by atoms with Crippen LogP contribution in [0.25, 0.3) is 0 Å². The average Bonchev–Trinajstić information content (AvgIpc) is 2.67. The molecule has 2 aromatic carbocycles. The predicted molar refractivity (Wildman–Crippen MR) is 117 cm³/mol. The van der Waals surface area contributed by atoms with Crippen molar-refractivity contribution in [2.45, 2.75) is 58.4 Å². The minimum absolute atomic E-state index is 0.0165. The SMILES string of the molecule is CCC(CC=O)CCCO[Si](c1ccccc1)(c1ccccc1)C(C)(C)C. The zero-order valence-corrected chi connectivity index (χ0v) is 18.3. The monoisotopic (exact) mass is 382 g/mol. The molecule has 2 aromatic rings. The highest BCUT2D eigenvalue weighted by Crippen LogP contribution is 2.36. The van der Waals surface area contributed by atoms with E-state index in [2.05, 4.69) is 88.4 Å². The minimum Gasteiger partial charge on any atom is -0.407 e. The van der Waals surface area contributed by atoms with Gasteiger partial charge in [0.05, 0.1) is 0 Å². The number of carbonyl (C=O) groups excluding carboxylic acids is 1. The molecule has 1 atom stereocenters. The molecular formula is C24H34O2Si. The molecule has 0 saturated heterocycles. The predicted octanol–water partition coefficient (Wildman–Crippen LogP) is 4.96. The van der Waals surface area contributed by atoms with Crippen molar-refractivity contribution in [3.8, 4) is 0 Å². The molecule has 0 bridgehead atoms. The van der Waals surface area contributed by atoms with Crippen LogP contribution in [0.5, 0.6) is 0 Å². The van der Waals surface area contributed by atoms with E-state index in [9.17, 15) is 4.79 Å². The Kier molecular flexibility index (Phi) is 8.00. The summed E-state index contributed by atoms with van der Waals surface area (Å²) in [5.74, 6) is 0.477. The first-order chi connectivity index (χ1) is 13.0. The van der Waals surface area contributed by atoms with E-state index in [0.717, 1.165) is 32.2 Å². The molecule has 1 unspecified atom stereocenters. The summed E-state index contributed by atoms with van der Waals surface area (Å²) in [6.45, 7) is 9.82. The number of rotatable bonds is 10. The standard InChI is InChI=1S/C24H34O2Si/c1-5-21(18-19-25)13-12-20-26-27(24(2,3)4,22-14-8-6-9-15-22)23-16-10-7-11-17-23/h6-11,14-17,19,21H,5,12-13,18,20H2,1-4H3. The summed E-state index contributed by atoms with van der Waals surface area (Å²) in [5.41, 5.74) is 0. The van der Waals surface area contributed by atoms with Gasteiger partial charge in [0.15, 0.2) is 0 Å². The highest BCUT2D eigenvalue weighted by molar-refractivity contribution is 6.99. The molecule has 0 aliphatic rings. The van der Waals surface area contributed by atoms with Crippen molar-refractivity contribution < 1.29 is 9.22 Å². The third-order valence-corrected chi connectivity index (χ3v) is 10.5. The first-order valence-corrected chi connectivity index (χ1v) is 12.0. The Morgan fingerprint density at radius 3 is 1.89 bits per heavy atom. The van der Waals surface area contributed by atoms with E-state index in [-0.39, 0.29) is 5.04 Å². The molecule has 146 valence electrons. The summed E-state index contributed by atoms with van der Waals surface area (Å²) in [6, 6.07) is 21.5. The summed E-state index contributed by atoms with van der Waals surface area (Å²) in [5, 5.41) is 2.66. The van der Waals surface area contributed by atoms with Gasteiger partial charge in [0, 0.05) is 13.0 Å². The lowest BCUT2D eigenvalue weighted by Crippen LogP contribution is -2.66. The fourth-order valence-corrected chi connectivity index (χ4v) is 8.59. The molecule has 0 aliphatic carbocycles. The van der Waals surface area contributed by atoms with E-state index < -0.39 is 8.32 Å². The van der Waals surface area contributed by atoms with E-state index in [4.69, 9.17) is 4.43 Å². The van der Waals surface area contributed by atoms with E-state index in [1.807, 2.05) is 0 Å². The largest absolute Gasteiger partial charge is 0.407 e. The van der Waals surface area contributed by atoms with Crippen molar-refractivity contribution in [1.82, 2.24) is 0 Å². The summed E-state index contributed by atoms with van der Waals surface area (Å²) in [4.78, 5) is 10.8. The fourth-order valence-electron chi connectivity index (χ4n) is 3.98. The van der Waals surface area contributed by atoms with Gasteiger partial charge in [-0.1, -0.05) is 94.8 Å². The van der Waals surface area contributed by atoms with Crippen LogP contribution in [0.3, 0.4) is 0 Å². The zero-order valence-electron chi connectivity index (χ0n) is 17.3. The first kappa shape index (κ1) is 21.6. The van der Waals surface area contributed by atoms with Gasteiger partial charge in [-0.25, -0.2) is 0 Å². The smallest absolute Gasteiger partial charge is 0.261 e. The van der Waals surface area contributed by atoms with Crippen molar-refractivity contribution >= 4 is 25.0 Å². The maximum Gasteiger partial charge on any atom is 0.261 e. The van der Waals surface area contributed by atoms with Crippen molar-refractivity contribution in [3.05, 3.63) is 60.7 Å². The number of aldehydes is 1. The van der Waals surface area contributed by atoms with Crippen molar-refractivity contribution in [1.29, 1.82) is 0 Å². The van der Waals surface area contributed by atoms with Crippen molar-refractivity contribution in [2.75, 3.05) is 6.61 Å². The molecule has 0 radical (unpaired) electrons. The Labute approximate surface area is 166 Å². The Bertz CT molecular complexity index is 637. The fraction of sp³-hybridized carbons (Fsp3) is 0.458. The minimum atomic E-state index is -2.42. The molecule has 27 heavy (non-hydrogen) atoms. The van der Waals surface area contributed by atoms with Gasteiger partial charge < -0.3 is 9.22 Å². The molecule has 0 fully saturated rings.